The van der Waals surface area contributed by atoms with Crippen LogP contribution in [0.4, 0.5) is 0 Å². The average molecular weight is 365 g/mol. The second-order valence-electron chi connectivity index (χ2n) is 10.0. The van der Waals surface area contributed by atoms with Crippen molar-refractivity contribution < 1.29 is 4.79 Å². The van der Waals surface area contributed by atoms with Crippen LogP contribution in [-0.2, 0) is 4.79 Å². The number of rotatable bonds is 1. The number of carbonyl (C=O) groups is 1. The standard InChI is InChI=1S/C24H32N2O/c1-23-12-10-22(27)26-15-17(23)5-6-18-20-8-7-19(16-4-3-13-25-14-16)24(20,2)11-9-21(18)23/h3-4,7,13-14,17-18,20-21H,5-6,8-12,15H2,1-2H3,(H,26,27)/t17?,18-,20?,21-,23-,24+/m0/s1. The number of fused-ring (bicyclic) bond motifs is 5. The fourth-order valence-corrected chi connectivity index (χ4v) is 7.50. The molecule has 0 radical (unpaired) electrons. The van der Waals surface area contributed by atoms with Gasteiger partial charge in [0.1, 0.15) is 0 Å². The number of hydrogen-bond donors (Lipinski definition) is 1. The van der Waals surface area contributed by atoms with Crippen LogP contribution in [0.25, 0.3) is 5.57 Å². The number of hydrogen-bond acceptors (Lipinski definition) is 2. The van der Waals surface area contributed by atoms with Crippen molar-refractivity contribution in [2.24, 2.45) is 34.5 Å². The van der Waals surface area contributed by atoms with Crippen molar-refractivity contribution in [3.05, 3.63) is 36.2 Å². The molecule has 0 bridgehead atoms. The molecule has 2 unspecified atom stereocenters. The molecule has 0 spiro atoms. The van der Waals surface area contributed by atoms with Crippen molar-refractivity contribution >= 4 is 11.5 Å². The Morgan fingerprint density at radius 3 is 2.85 bits per heavy atom. The van der Waals surface area contributed by atoms with E-state index in [0.717, 1.165) is 37.1 Å². The number of allylic oxidation sites excluding steroid dienone is 2. The van der Waals surface area contributed by atoms with E-state index in [1.54, 1.807) is 5.57 Å². The molecule has 2 heterocycles. The Morgan fingerprint density at radius 1 is 1.15 bits per heavy atom. The van der Waals surface area contributed by atoms with E-state index < -0.39 is 0 Å². The van der Waals surface area contributed by atoms with Gasteiger partial charge in [-0.25, -0.2) is 0 Å². The molecule has 2 saturated carbocycles. The first-order valence-electron chi connectivity index (χ1n) is 10.9. The zero-order valence-corrected chi connectivity index (χ0v) is 16.7. The quantitative estimate of drug-likeness (QED) is 0.774. The Balaban J connectivity index is 1.45. The van der Waals surface area contributed by atoms with Crippen LogP contribution in [0, 0.1) is 34.5 Å². The minimum Gasteiger partial charge on any atom is -0.356 e. The lowest BCUT2D eigenvalue weighted by molar-refractivity contribution is -0.121. The molecule has 3 fully saturated rings. The molecular weight excluding hydrogens is 332 g/mol. The van der Waals surface area contributed by atoms with Gasteiger partial charge in [-0.3, -0.25) is 9.78 Å². The molecule has 1 saturated heterocycles. The smallest absolute Gasteiger partial charge is 0.220 e. The summed E-state index contributed by atoms with van der Waals surface area (Å²) in [4.78, 5) is 16.4. The molecule has 27 heavy (non-hydrogen) atoms. The van der Waals surface area contributed by atoms with Crippen molar-refractivity contribution in [3.8, 4) is 0 Å². The zero-order valence-electron chi connectivity index (χ0n) is 16.7. The summed E-state index contributed by atoms with van der Waals surface area (Å²) in [6.45, 7) is 5.94. The van der Waals surface area contributed by atoms with Crippen LogP contribution in [0.2, 0.25) is 0 Å². The minimum atomic E-state index is 0.268. The normalized spacial score (nSPS) is 43.6. The van der Waals surface area contributed by atoms with E-state index in [4.69, 9.17) is 0 Å². The van der Waals surface area contributed by atoms with E-state index in [9.17, 15) is 4.79 Å². The summed E-state index contributed by atoms with van der Waals surface area (Å²) in [5, 5.41) is 3.19. The fraction of sp³-hybridized carbons (Fsp3) is 0.667. The van der Waals surface area contributed by atoms with E-state index in [2.05, 4.69) is 42.4 Å². The third kappa shape index (κ3) is 2.53. The van der Waals surface area contributed by atoms with Crippen LogP contribution in [0.5, 0.6) is 0 Å². The monoisotopic (exact) mass is 364 g/mol. The lowest BCUT2D eigenvalue weighted by Gasteiger charge is -2.58. The highest BCUT2D eigenvalue weighted by Gasteiger charge is 2.58. The van der Waals surface area contributed by atoms with Crippen LogP contribution in [0.3, 0.4) is 0 Å². The molecule has 6 atom stereocenters. The van der Waals surface area contributed by atoms with E-state index in [-0.39, 0.29) is 5.91 Å². The van der Waals surface area contributed by atoms with E-state index in [1.807, 2.05) is 12.4 Å². The number of carbonyl (C=O) groups excluding carboxylic acids is 1. The Kier molecular flexibility index (Phi) is 4.00. The number of pyridine rings is 1. The van der Waals surface area contributed by atoms with Crippen molar-refractivity contribution in [1.82, 2.24) is 10.3 Å². The highest BCUT2D eigenvalue weighted by Crippen LogP contribution is 2.66. The van der Waals surface area contributed by atoms with Gasteiger partial charge < -0.3 is 5.32 Å². The van der Waals surface area contributed by atoms with Gasteiger partial charge in [0.15, 0.2) is 0 Å². The molecule has 1 aliphatic heterocycles. The van der Waals surface area contributed by atoms with Gasteiger partial charge in [-0.2, -0.15) is 0 Å². The van der Waals surface area contributed by atoms with Gasteiger partial charge >= 0.3 is 0 Å². The largest absolute Gasteiger partial charge is 0.356 e. The zero-order chi connectivity index (χ0) is 18.6. The Bertz CT molecular complexity index is 772. The maximum absolute atomic E-state index is 12.0. The summed E-state index contributed by atoms with van der Waals surface area (Å²) in [6, 6.07) is 4.31. The van der Waals surface area contributed by atoms with Gasteiger partial charge in [-0.15, -0.1) is 0 Å². The second kappa shape index (κ2) is 6.18. The molecule has 1 N–H and O–H groups in total. The van der Waals surface area contributed by atoms with Crippen molar-refractivity contribution in [3.63, 3.8) is 0 Å². The van der Waals surface area contributed by atoms with Gasteiger partial charge in [0, 0.05) is 25.4 Å². The number of amides is 1. The molecule has 1 aromatic heterocycles. The topological polar surface area (TPSA) is 42.0 Å². The second-order valence-corrected chi connectivity index (χ2v) is 10.0. The van der Waals surface area contributed by atoms with Gasteiger partial charge in [0.05, 0.1) is 0 Å². The van der Waals surface area contributed by atoms with Gasteiger partial charge in [0.25, 0.3) is 0 Å². The van der Waals surface area contributed by atoms with Gasteiger partial charge in [0.2, 0.25) is 5.91 Å². The molecule has 1 aromatic rings. The average Bonchev–Trinajstić information content (AvgIpc) is 2.95. The summed E-state index contributed by atoms with van der Waals surface area (Å²) >= 11 is 0. The van der Waals surface area contributed by atoms with Gasteiger partial charge in [-0.05, 0) is 90.2 Å². The third-order valence-electron chi connectivity index (χ3n) is 9.05. The fourth-order valence-electron chi connectivity index (χ4n) is 7.50. The number of nitrogens with one attached hydrogen (secondary N) is 1. The molecule has 3 aliphatic carbocycles. The predicted octanol–water partition coefficient (Wildman–Crippen LogP) is 4.84. The maximum Gasteiger partial charge on any atom is 0.220 e. The molecule has 1 amide bonds. The van der Waals surface area contributed by atoms with Crippen LogP contribution in [0.15, 0.2) is 30.6 Å². The predicted molar refractivity (Wildman–Crippen MR) is 108 cm³/mol. The molecule has 4 aliphatic rings. The van der Waals surface area contributed by atoms with Crippen LogP contribution in [-0.4, -0.2) is 17.4 Å². The van der Waals surface area contributed by atoms with Gasteiger partial charge in [-0.1, -0.05) is 26.0 Å². The maximum atomic E-state index is 12.0. The van der Waals surface area contributed by atoms with Crippen LogP contribution >= 0.6 is 0 Å². The Hall–Kier alpha value is -1.64. The van der Waals surface area contributed by atoms with E-state index >= 15 is 0 Å². The molecule has 5 rings (SSSR count). The van der Waals surface area contributed by atoms with E-state index in [0.29, 0.717) is 16.7 Å². The van der Waals surface area contributed by atoms with Crippen molar-refractivity contribution in [2.45, 2.75) is 58.8 Å². The summed E-state index contributed by atoms with van der Waals surface area (Å²) in [5.74, 6) is 3.29. The summed E-state index contributed by atoms with van der Waals surface area (Å²) in [6.07, 6.45) is 14.7. The third-order valence-corrected chi connectivity index (χ3v) is 9.05. The van der Waals surface area contributed by atoms with E-state index in [1.165, 1.54) is 37.7 Å². The molecular formula is C24H32N2O. The lowest BCUT2D eigenvalue weighted by atomic mass is 9.46. The SMILES string of the molecule is C[C@]12CCC(=O)NCC1CC[C@H]1C3CC=C(c4cccnc4)[C@@]3(C)CC[C@@H]12. The first-order valence-corrected chi connectivity index (χ1v) is 10.9. The minimum absolute atomic E-state index is 0.268. The van der Waals surface area contributed by atoms with Crippen molar-refractivity contribution in [2.75, 3.05) is 6.54 Å². The number of nitrogens with zero attached hydrogens (tertiary/aromatic N) is 1. The summed E-state index contributed by atoms with van der Waals surface area (Å²) < 4.78 is 0. The highest BCUT2D eigenvalue weighted by atomic mass is 16.1. The molecule has 144 valence electrons. The van der Waals surface area contributed by atoms with Crippen molar-refractivity contribution in [1.29, 1.82) is 0 Å². The van der Waals surface area contributed by atoms with Crippen LogP contribution in [0.1, 0.15) is 64.4 Å². The molecule has 3 heteroatoms. The summed E-state index contributed by atoms with van der Waals surface area (Å²) in [5.41, 5.74) is 3.50. The summed E-state index contributed by atoms with van der Waals surface area (Å²) in [7, 11) is 0. The molecule has 3 nitrogen and oxygen atoms in total. The Labute approximate surface area is 163 Å². The highest BCUT2D eigenvalue weighted by molar-refractivity contribution is 5.76. The molecule has 0 aromatic carbocycles. The number of aromatic nitrogens is 1. The first kappa shape index (κ1) is 17.5. The Morgan fingerprint density at radius 2 is 2.04 bits per heavy atom. The first-order chi connectivity index (χ1) is 13.0. The van der Waals surface area contributed by atoms with Crippen LogP contribution < -0.4 is 5.32 Å². The lowest BCUT2D eigenvalue weighted by Crippen LogP contribution is -2.52.